The zero-order valence-electron chi connectivity index (χ0n) is 12.6. The molecule has 0 spiro atoms. The number of benzene rings is 1. The highest BCUT2D eigenvalue weighted by molar-refractivity contribution is 6.40. The van der Waals surface area contributed by atoms with E-state index in [9.17, 15) is 0 Å². The molecule has 0 heterocycles. The first-order valence-electron chi connectivity index (χ1n) is 8.01. The maximum atomic E-state index is 8.88. The average molecular weight is 290 g/mol. The molecule has 4 nitrogen and oxygen atoms in total. The Kier molecular flexibility index (Phi) is 6.71. The molecule has 0 amide bonds. The number of hydrogen-bond acceptors (Lipinski definition) is 4. The number of nitrogens with two attached hydrogens (primary N) is 1. The van der Waals surface area contributed by atoms with Crippen LogP contribution in [0.15, 0.2) is 30.3 Å². The van der Waals surface area contributed by atoms with Crippen molar-refractivity contribution in [1.82, 2.24) is 5.32 Å². The van der Waals surface area contributed by atoms with Crippen LogP contribution in [0.3, 0.4) is 0 Å². The summed E-state index contributed by atoms with van der Waals surface area (Å²) < 4.78 is 0. The first-order valence-corrected chi connectivity index (χ1v) is 8.01. The molecule has 3 atom stereocenters. The Morgan fingerprint density at radius 3 is 2.67 bits per heavy atom. The standard InChI is InChI=1S/C16H27BN2O2/c18-16-10-14(9-15(16)7-4-8-17(20)21)12-19-11-13-5-2-1-3-6-13/h1-3,5-6,14-16,19-21H,4,7-12,18H2/t14-,15-,16-/m0/s1. The Bertz CT molecular complexity index is 403. The second-order valence-corrected chi connectivity index (χ2v) is 6.29. The van der Waals surface area contributed by atoms with Crippen LogP contribution < -0.4 is 11.1 Å². The lowest BCUT2D eigenvalue weighted by Gasteiger charge is -2.14. The molecule has 1 aromatic rings. The van der Waals surface area contributed by atoms with Gasteiger partial charge in [-0.25, -0.2) is 0 Å². The Labute approximate surface area is 127 Å². The molecular formula is C16H27BN2O2. The molecule has 0 unspecified atom stereocenters. The normalized spacial score (nSPS) is 25.2. The van der Waals surface area contributed by atoms with Gasteiger partial charge in [-0.3, -0.25) is 0 Å². The van der Waals surface area contributed by atoms with Gasteiger partial charge in [-0.1, -0.05) is 36.8 Å². The van der Waals surface area contributed by atoms with Gasteiger partial charge in [0.25, 0.3) is 0 Å². The van der Waals surface area contributed by atoms with Crippen LogP contribution in [0.4, 0.5) is 0 Å². The molecule has 21 heavy (non-hydrogen) atoms. The minimum absolute atomic E-state index is 0.268. The van der Waals surface area contributed by atoms with E-state index in [0.717, 1.165) is 38.8 Å². The molecule has 0 radical (unpaired) electrons. The third-order valence-electron chi connectivity index (χ3n) is 4.49. The molecular weight excluding hydrogens is 263 g/mol. The number of hydrogen-bond donors (Lipinski definition) is 4. The number of rotatable bonds is 8. The van der Waals surface area contributed by atoms with Crippen LogP contribution in [0.1, 0.15) is 31.2 Å². The summed E-state index contributed by atoms with van der Waals surface area (Å²) >= 11 is 0. The molecule has 0 aliphatic heterocycles. The van der Waals surface area contributed by atoms with Gasteiger partial charge in [-0.15, -0.1) is 0 Å². The predicted octanol–water partition coefficient (Wildman–Crippen LogP) is 1.38. The summed E-state index contributed by atoms with van der Waals surface area (Å²) in [5.41, 5.74) is 7.53. The smallest absolute Gasteiger partial charge is 0.427 e. The second-order valence-electron chi connectivity index (χ2n) is 6.29. The highest BCUT2D eigenvalue weighted by Gasteiger charge is 2.31. The first-order chi connectivity index (χ1) is 10.1. The van der Waals surface area contributed by atoms with Crippen molar-refractivity contribution >= 4 is 7.12 Å². The van der Waals surface area contributed by atoms with Gasteiger partial charge in [-0.05, 0) is 49.5 Å². The Balaban J connectivity index is 1.64. The summed E-state index contributed by atoms with van der Waals surface area (Å²) in [7, 11) is -1.18. The first kappa shape index (κ1) is 16.5. The van der Waals surface area contributed by atoms with E-state index in [1.165, 1.54) is 5.56 Å². The highest BCUT2D eigenvalue weighted by Crippen LogP contribution is 2.33. The molecule has 1 aliphatic rings. The summed E-state index contributed by atoms with van der Waals surface area (Å²) in [6.45, 7) is 1.93. The van der Waals surface area contributed by atoms with E-state index in [-0.39, 0.29) is 6.04 Å². The fourth-order valence-electron chi connectivity index (χ4n) is 3.35. The van der Waals surface area contributed by atoms with Crippen LogP contribution in [0.5, 0.6) is 0 Å². The average Bonchev–Trinajstić information content (AvgIpc) is 2.80. The summed E-state index contributed by atoms with van der Waals surface area (Å²) in [4.78, 5) is 0. The van der Waals surface area contributed by atoms with E-state index >= 15 is 0 Å². The highest BCUT2D eigenvalue weighted by atomic mass is 16.4. The van der Waals surface area contributed by atoms with Gasteiger partial charge in [0.15, 0.2) is 0 Å². The fraction of sp³-hybridized carbons (Fsp3) is 0.625. The zero-order chi connectivity index (χ0) is 15.1. The maximum absolute atomic E-state index is 8.88. The SMILES string of the molecule is N[C@H]1C[C@@H](CNCc2ccccc2)C[C@@H]1CCCB(O)O. The van der Waals surface area contributed by atoms with E-state index in [1.54, 1.807) is 0 Å². The van der Waals surface area contributed by atoms with Crippen molar-refractivity contribution < 1.29 is 10.0 Å². The Morgan fingerprint density at radius 2 is 1.95 bits per heavy atom. The van der Waals surface area contributed by atoms with Crippen LogP contribution in [-0.2, 0) is 6.54 Å². The lowest BCUT2D eigenvalue weighted by Crippen LogP contribution is -2.25. The molecule has 1 aliphatic carbocycles. The van der Waals surface area contributed by atoms with Gasteiger partial charge in [0.1, 0.15) is 0 Å². The van der Waals surface area contributed by atoms with Crippen LogP contribution in [0.2, 0.25) is 6.32 Å². The van der Waals surface area contributed by atoms with Crippen LogP contribution >= 0.6 is 0 Å². The van der Waals surface area contributed by atoms with Gasteiger partial charge >= 0.3 is 7.12 Å². The molecule has 2 rings (SSSR count). The van der Waals surface area contributed by atoms with Crippen LogP contribution in [-0.4, -0.2) is 29.8 Å². The van der Waals surface area contributed by atoms with Gasteiger partial charge in [0, 0.05) is 12.6 Å². The summed E-state index contributed by atoms with van der Waals surface area (Å²) in [6.07, 6.45) is 4.55. The van der Waals surface area contributed by atoms with Gasteiger partial charge < -0.3 is 21.1 Å². The summed E-state index contributed by atoms with van der Waals surface area (Å²) in [5, 5.41) is 21.3. The van der Waals surface area contributed by atoms with Gasteiger partial charge in [-0.2, -0.15) is 0 Å². The maximum Gasteiger partial charge on any atom is 0.451 e. The van der Waals surface area contributed by atoms with E-state index in [0.29, 0.717) is 18.2 Å². The largest absolute Gasteiger partial charge is 0.451 e. The third-order valence-corrected chi connectivity index (χ3v) is 4.49. The van der Waals surface area contributed by atoms with E-state index in [2.05, 4.69) is 29.6 Å². The Morgan fingerprint density at radius 1 is 1.19 bits per heavy atom. The topological polar surface area (TPSA) is 78.5 Å². The molecule has 1 aromatic carbocycles. The predicted molar refractivity (Wildman–Crippen MR) is 86.6 cm³/mol. The molecule has 116 valence electrons. The quantitative estimate of drug-likeness (QED) is 0.545. The van der Waals surface area contributed by atoms with Crippen molar-refractivity contribution in [3.63, 3.8) is 0 Å². The molecule has 0 saturated heterocycles. The monoisotopic (exact) mass is 290 g/mol. The number of nitrogens with one attached hydrogen (secondary N) is 1. The van der Waals surface area contributed by atoms with Crippen LogP contribution in [0.25, 0.3) is 0 Å². The summed E-state index contributed by atoms with van der Waals surface area (Å²) in [6, 6.07) is 10.7. The molecule has 1 fully saturated rings. The van der Waals surface area contributed by atoms with Crippen molar-refractivity contribution in [2.75, 3.05) is 6.54 Å². The van der Waals surface area contributed by atoms with E-state index in [4.69, 9.17) is 15.8 Å². The third kappa shape index (κ3) is 5.79. The fourth-order valence-corrected chi connectivity index (χ4v) is 3.35. The minimum Gasteiger partial charge on any atom is -0.427 e. The molecule has 5 heteroatoms. The molecule has 0 aromatic heterocycles. The zero-order valence-corrected chi connectivity index (χ0v) is 12.6. The lowest BCUT2D eigenvalue weighted by atomic mass is 9.81. The Hall–Kier alpha value is -0.875. The van der Waals surface area contributed by atoms with Crippen molar-refractivity contribution in [1.29, 1.82) is 0 Å². The molecule has 5 N–H and O–H groups in total. The van der Waals surface area contributed by atoms with Gasteiger partial charge in [0.2, 0.25) is 0 Å². The summed E-state index contributed by atoms with van der Waals surface area (Å²) in [5.74, 6) is 1.18. The molecule has 0 bridgehead atoms. The van der Waals surface area contributed by atoms with Gasteiger partial charge in [0.05, 0.1) is 0 Å². The van der Waals surface area contributed by atoms with Crippen molar-refractivity contribution in [3.8, 4) is 0 Å². The van der Waals surface area contributed by atoms with Crippen molar-refractivity contribution in [2.45, 2.75) is 44.6 Å². The second kappa shape index (κ2) is 8.54. The lowest BCUT2D eigenvalue weighted by molar-refractivity contribution is 0.386. The van der Waals surface area contributed by atoms with E-state index in [1.807, 2.05) is 6.07 Å². The molecule has 1 saturated carbocycles. The van der Waals surface area contributed by atoms with Crippen molar-refractivity contribution in [2.24, 2.45) is 17.6 Å². The van der Waals surface area contributed by atoms with E-state index < -0.39 is 7.12 Å². The van der Waals surface area contributed by atoms with Crippen molar-refractivity contribution in [3.05, 3.63) is 35.9 Å². The van der Waals surface area contributed by atoms with Crippen LogP contribution in [0, 0.1) is 11.8 Å². The minimum atomic E-state index is -1.18.